The van der Waals surface area contributed by atoms with E-state index < -0.39 is 0 Å². The Labute approximate surface area is 67.3 Å². The number of hydrogen-bond acceptors (Lipinski definition) is 3. The summed E-state index contributed by atoms with van der Waals surface area (Å²) in [7, 11) is 0. The van der Waals surface area contributed by atoms with Crippen LogP contribution in [0.1, 0.15) is 13.8 Å². The first kappa shape index (κ1) is 9.88. The third kappa shape index (κ3) is 8.88. The maximum absolute atomic E-state index is 4.86. The summed E-state index contributed by atoms with van der Waals surface area (Å²) in [5.74, 6) is 0. The predicted molar refractivity (Wildman–Crippen MR) is 42.6 cm³/mol. The van der Waals surface area contributed by atoms with Gasteiger partial charge in [0, 0.05) is 0 Å². The molecule has 0 aromatic heterocycles. The molecule has 0 aromatic carbocycles. The molecule has 0 radical (unpaired) electrons. The average molecular weight is 158 g/mol. The highest BCUT2D eigenvalue weighted by atomic mass is 16.5. The van der Waals surface area contributed by atoms with E-state index in [1.807, 2.05) is 13.8 Å². The van der Waals surface area contributed by atoms with Crippen LogP contribution in [-0.2, 0) is 14.2 Å². The van der Waals surface area contributed by atoms with E-state index in [1.165, 1.54) is 25.0 Å². The van der Waals surface area contributed by atoms with E-state index in [-0.39, 0.29) is 0 Å². The summed E-state index contributed by atoms with van der Waals surface area (Å²) < 4.78 is 14.5. The maximum Gasteiger partial charge on any atom is 0.125 e. The number of rotatable bonds is 6. The molecule has 0 aromatic rings. The lowest BCUT2D eigenvalue weighted by atomic mass is 10.8. The van der Waals surface area contributed by atoms with Gasteiger partial charge in [0.1, 0.15) is 25.0 Å². The van der Waals surface area contributed by atoms with Crippen LogP contribution in [0.3, 0.4) is 0 Å². The Morgan fingerprint density at radius 2 is 1.27 bits per heavy atom. The second kappa shape index (κ2) is 8.88. The molecule has 3 heteroatoms. The van der Waals surface area contributed by atoms with E-state index in [1.54, 1.807) is 0 Å². The molecular formula is C8H14O3. The van der Waals surface area contributed by atoms with Crippen LogP contribution in [0.5, 0.6) is 0 Å². The summed E-state index contributed by atoms with van der Waals surface area (Å²) in [5.41, 5.74) is 0. The van der Waals surface area contributed by atoms with Crippen LogP contribution in [0, 0.1) is 0 Å². The van der Waals surface area contributed by atoms with Gasteiger partial charge in [0.05, 0.1) is 13.2 Å². The zero-order valence-corrected chi connectivity index (χ0v) is 6.95. The van der Waals surface area contributed by atoms with E-state index in [4.69, 9.17) is 14.2 Å². The van der Waals surface area contributed by atoms with Crippen LogP contribution in [-0.4, -0.2) is 13.2 Å². The Morgan fingerprint density at radius 3 is 1.64 bits per heavy atom. The highest BCUT2D eigenvalue weighted by Gasteiger charge is 1.71. The zero-order chi connectivity index (χ0) is 8.36. The lowest BCUT2D eigenvalue weighted by molar-refractivity contribution is 0.237. The molecule has 0 rings (SSSR count). The fourth-order valence-corrected chi connectivity index (χ4v) is 0.381. The van der Waals surface area contributed by atoms with Crippen LogP contribution in [0.15, 0.2) is 25.0 Å². The average Bonchev–Trinajstić information content (AvgIpc) is 2.03. The standard InChI is InChI=1S/C8H14O3/c1-3-9-5-7-11-8-6-10-4-2/h5-8H,3-4H2,1-2H3. The molecule has 0 atom stereocenters. The smallest absolute Gasteiger partial charge is 0.125 e. The lowest BCUT2D eigenvalue weighted by Gasteiger charge is -1.93. The minimum atomic E-state index is 0.648. The molecule has 0 amide bonds. The van der Waals surface area contributed by atoms with Crippen LogP contribution in [0.25, 0.3) is 0 Å². The molecule has 11 heavy (non-hydrogen) atoms. The van der Waals surface area contributed by atoms with Gasteiger partial charge in [0.15, 0.2) is 0 Å². The molecule has 0 aliphatic carbocycles. The Morgan fingerprint density at radius 1 is 0.818 bits per heavy atom. The second-order valence-electron chi connectivity index (χ2n) is 1.59. The summed E-state index contributed by atoms with van der Waals surface area (Å²) >= 11 is 0. The highest BCUT2D eigenvalue weighted by molar-refractivity contribution is 4.68. The summed E-state index contributed by atoms with van der Waals surface area (Å²) in [6.07, 6.45) is 5.85. The Balaban J connectivity index is 3.11. The van der Waals surface area contributed by atoms with Crippen molar-refractivity contribution in [2.24, 2.45) is 0 Å². The van der Waals surface area contributed by atoms with Crippen molar-refractivity contribution < 1.29 is 14.2 Å². The van der Waals surface area contributed by atoms with Gasteiger partial charge in [-0.15, -0.1) is 0 Å². The summed E-state index contributed by atoms with van der Waals surface area (Å²) in [6, 6.07) is 0. The summed E-state index contributed by atoms with van der Waals surface area (Å²) in [6.45, 7) is 5.10. The van der Waals surface area contributed by atoms with Crippen LogP contribution >= 0.6 is 0 Å². The van der Waals surface area contributed by atoms with Gasteiger partial charge >= 0.3 is 0 Å². The molecule has 0 saturated heterocycles. The van der Waals surface area contributed by atoms with Gasteiger partial charge in [0.25, 0.3) is 0 Å². The molecular weight excluding hydrogens is 144 g/mol. The Kier molecular flexibility index (Phi) is 7.98. The quantitative estimate of drug-likeness (QED) is 0.553. The molecule has 0 unspecified atom stereocenters. The monoisotopic (exact) mass is 158 g/mol. The fourth-order valence-electron chi connectivity index (χ4n) is 0.381. The molecule has 0 fully saturated rings. The third-order valence-corrected chi connectivity index (χ3v) is 0.794. The first-order chi connectivity index (χ1) is 5.41. The molecule has 64 valence electrons. The lowest BCUT2D eigenvalue weighted by Crippen LogP contribution is -1.78. The van der Waals surface area contributed by atoms with Gasteiger partial charge in [-0.05, 0) is 13.8 Å². The van der Waals surface area contributed by atoms with Crippen molar-refractivity contribution >= 4 is 0 Å². The SMILES string of the molecule is CCOC=COC=COCC. The second-order valence-corrected chi connectivity index (χ2v) is 1.59. The minimum Gasteiger partial charge on any atom is -0.498 e. The molecule has 0 heterocycles. The first-order valence-corrected chi connectivity index (χ1v) is 3.60. The van der Waals surface area contributed by atoms with Crippen molar-refractivity contribution in [3.8, 4) is 0 Å². The molecule has 3 nitrogen and oxygen atoms in total. The summed E-state index contributed by atoms with van der Waals surface area (Å²) in [4.78, 5) is 0. The van der Waals surface area contributed by atoms with Gasteiger partial charge in [-0.1, -0.05) is 0 Å². The van der Waals surface area contributed by atoms with E-state index in [9.17, 15) is 0 Å². The van der Waals surface area contributed by atoms with Crippen molar-refractivity contribution in [2.75, 3.05) is 13.2 Å². The van der Waals surface area contributed by atoms with E-state index in [2.05, 4.69) is 0 Å². The van der Waals surface area contributed by atoms with Crippen LogP contribution in [0.4, 0.5) is 0 Å². The zero-order valence-electron chi connectivity index (χ0n) is 6.95. The molecule has 0 saturated carbocycles. The van der Waals surface area contributed by atoms with Crippen molar-refractivity contribution in [3.63, 3.8) is 0 Å². The fraction of sp³-hybridized carbons (Fsp3) is 0.500. The molecule has 0 N–H and O–H groups in total. The van der Waals surface area contributed by atoms with Crippen molar-refractivity contribution in [1.82, 2.24) is 0 Å². The predicted octanol–water partition coefficient (Wildman–Crippen LogP) is 2.02. The van der Waals surface area contributed by atoms with Crippen molar-refractivity contribution in [3.05, 3.63) is 25.0 Å². The summed E-state index contributed by atoms with van der Waals surface area (Å²) in [5, 5.41) is 0. The molecule has 0 aliphatic heterocycles. The molecule has 0 spiro atoms. The molecule has 0 aliphatic rings. The van der Waals surface area contributed by atoms with Gasteiger partial charge in [-0.3, -0.25) is 0 Å². The number of hydrogen-bond donors (Lipinski definition) is 0. The van der Waals surface area contributed by atoms with Crippen LogP contribution in [0.2, 0.25) is 0 Å². The van der Waals surface area contributed by atoms with E-state index >= 15 is 0 Å². The minimum absolute atomic E-state index is 0.648. The first-order valence-electron chi connectivity index (χ1n) is 3.60. The van der Waals surface area contributed by atoms with Gasteiger partial charge in [0.2, 0.25) is 0 Å². The molecule has 0 bridgehead atoms. The largest absolute Gasteiger partial charge is 0.498 e. The maximum atomic E-state index is 4.86. The topological polar surface area (TPSA) is 27.7 Å². The van der Waals surface area contributed by atoms with Gasteiger partial charge in [-0.25, -0.2) is 0 Å². The van der Waals surface area contributed by atoms with E-state index in [0.717, 1.165) is 0 Å². The van der Waals surface area contributed by atoms with Crippen molar-refractivity contribution in [2.45, 2.75) is 13.8 Å². The van der Waals surface area contributed by atoms with Crippen LogP contribution < -0.4 is 0 Å². The number of ether oxygens (including phenoxy) is 3. The normalized spacial score (nSPS) is 10.7. The van der Waals surface area contributed by atoms with Gasteiger partial charge < -0.3 is 14.2 Å². The van der Waals surface area contributed by atoms with Crippen molar-refractivity contribution in [1.29, 1.82) is 0 Å². The highest BCUT2D eigenvalue weighted by Crippen LogP contribution is 1.83. The third-order valence-electron chi connectivity index (χ3n) is 0.794. The van der Waals surface area contributed by atoms with E-state index in [0.29, 0.717) is 13.2 Å². The Hall–Kier alpha value is -1.12. The van der Waals surface area contributed by atoms with Gasteiger partial charge in [-0.2, -0.15) is 0 Å². The Bertz CT molecular complexity index is 105.